The number of methoxy groups -OCH3 is 1. The second-order valence-corrected chi connectivity index (χ2v) is 4.68. The number of hydrogen-bond acceptors (Lipinski definition) is 5. The third kappa shape index (κ3) is 5.21. The van der Waals surface area contributed by atoms with Crippen molar-refractivity contribution in [1.29, 1.82) is 0 Å². The smallest absolute Gasteiger partial charge is 0.407 e. The lowest BCUT2D eigenvalue weighted by Gasteiger charge is -2.24. The summed E-state index contributed by atoms with van der Waals surface area (Å²) in [6, 6.07) is 4.10. The van der Waals surface area contributed by atoms with Crippen LogP contribution in [-0.2, 0) is 19.1 Å². The molecule has 0 saturated heterocycles. The van der Waals surface area contributed by atoms with E-state index < -0.39 is 35.6 Å². The number of hydrogen-bond donors (Lipinski definition) is 1. The van der Waals surface area contributed by atoms with E-state index >= 15 is 0 Å². The van der Waals surface area contributed by atoms with Crippen LogP contribution in [0.15, 0.2) is 36.9 Å². The Morgan fingerprint density at radius 1 is 1.39 bits per heavy atom. The molecule has 1 amide bonds. The minimum absolute atomic E-state index is 0.0866. The van der Waals surface area contributed by atoms with Gasteiger partial charge in [0.05, 0.1) is 13.2 Å². The summed E-state index contributed by atoms with van der Waals surface area (Å²) >= 11 is 0. The normalized spacial score (nSPS) is 12.7. The fourth-order valence-corrected chi connectivity index (χ4v) is 2.01. The molecule has 0 aliphatic rings. The fraction of sp³-hybridized carbons (Fsp3) is 0.312. The van der Waals surface area contributed by atoms with Crippen molar-refractivity contribution in [2.75, 3.05) is 13.7 Å². The Morgan fingerprint density at radius 2 is 2.09 bits per heavy atom. The highest BCUT2D eigenvalue weighted by Gasteiger charge is 2.36. The number of ether oxygens (including phenoxy) is 2. The van der Waals surface area contributed by atoms with Crippen molar-refractivity contribution in [2.45, 2.75) is 13.0 Å². The van der Waals surface area contributed by atoms with Crippen molar-refractivity contribution in [1.82, 2.24) is 5.32 Å². The summed E-state index contributed by atoms with van der Waals surface area (Å²) < 4.78 is 22.9. The zero-order valence-electron chi connectivity index (χ0n) is 12.9. The molecular formula is C16H18FNO5. The molecule has 1 aromatic carbocycles. The minimum atomic E-state index is -1.34. The predicted molar refractivity (Wildman–Crippen MR) is 80.0 cm³/mol. The Kier molecular flexibility index (Phi) is 6.92. The summed E-state index contributed by atoms with van der Waals surface area (Å²) in [4.78, 5) is 35.6. The van der Waals surface area contributed by atoms with E-state index in [0.717, 1.165) is 13.2 Å². The lowest BCUT2D eigenvalue weighted by Crippen LogP contribution is -2.40. The number of benzene rings is 1. The van der Waals surface area contributed by atoms with Crippen molar-refractivity contribution in [3.05, 3.63) is 48.3 Å². The van der Waals surface area contributed by atoms with Crippen molar-refractivity contribution in [3.8, 4) is 0 Å². The van der Waals surface area contributed by atoms with E-state index in [-0.39, 0.29) is 12.2 Å². The Balaban J connectivity index is 3.22. The summed E-state index contributed by atoms with van der Waals surface area (Å²) in [5, 5.41) is 2.37. The zero-order chi connectivity index (χ0) is 17.4. The Bertz CT molecular complexity index is 602. The molecule has 2 unspecified atom stereocenters. The lowest BCUT2D eigenvalue weighted by atomic mass is 9.90. The van der Waals surface area contributed by atoms with Gasteiger partial charge in [-0.3, -0.25) is 9.59 Å². The Labute approximate surface area is 133 Å². The molecule has 0 radical (unpaired) electrons. The van der Waals surface area contributed by atoms with E-state index in [1.807, 2.05) is 0 Å². The predicted octanol–water partition coefficient (Wildman–Crippen LogP) is 2.16. The van der Waals surface area contributed by atoms with E-state index in [2.05, 4.69) is 16.6 Å². The van der Waals surface area contributed by atoms with E-state index in [1.54, 1.807) is 0 Å². The maximum atomic E-state index is 13.5. The second kappa shape index (κ2) is 8.67. The van der Waals surface area contributed by atoms with Gasteiger partial charge in [0.2, 0.25) is 0 Å². The number of ketones is 1. The SMILES string of the molecule is C=CCOC(=O)C(C(C)=O)C(NC(=O)OC)c1cccc(F)c1. The number of amides is 1. The molecule has 1 aromatic rings. The molecule has 0 aliphatic carbocycles. The molecular weight excluding hydrogens is 305 g/mol. The molecule has 0 aromatic heterocycles. The van der Waals surface area contributed by atoms with Gasteiger partial charge in [-0.15, -0.1) is 0 Å². The van der Waals surface area contributed by atoms with Gasteiger partial charge < -0.3 is 14.8 Å². The van der Waals surface area contributed by atoms with Crippen molar-refractivity contribution >= 4 is 17.8 Å². The molecule has 0 saturated carbocycles. The summed E-state index contributed by atoms with van der Waals surface area (Å²) in [6.45, 7) is 4.51. The van der Waals surface area contributed by atoms with Crippen LogP contribution in [0.2, 0.25) is 0 Å². The molecule has 6 nitrogen and oxygen atoms in total. The number of carbonyl (C=O) groups is 3. The van der Waals surface area contributed by atoms with Gasteiger partial charge in [0.1, 0.15) is 24.1 Å². The first kappa shape index (κ1) is 18.3. The minimum Gasteiger partial charge on any atom is -0.461 e. The van der Waals surface area contributed by atoms with Gasteiger partial charge in [0, 0.05) is 0 Å². The van der Waals surface area contributed by atoms with Gasteiger partial charge >= 0.3 is 12.1 Å². The van der Waals surface area contributed by atoms with Crippen LogP contribution in [0.25, 0.3) is 0 Å². The first-order valence-electron chi connectivity index (χ1n) is 6.78. The number of esters is 1. The number of carbonyl (C=O) groups excluding carboxylic acids is 3. The van der Waals surface area contributed by atoms with Crippen LogP contribution in [-0.4, -0.2) is 31.6 Å². The third-order valence-electron chi connectivity index (χ3n) is 3.04. The maximum absolute atomic E-state index is 13.5. The standard InChI is InChI=1S/C16H18FNO5/c1-4-8-23-15(20)13(10(2)19)14(18-16(21)22-3)11-6-5-7-12(17)9-11/h4-7,9,13-14H,1,8H2,2-3H3,(H,18,21). The quantitative estimate of drug-likeness (QED) is 0.472. The summed E-state index contributed by atoms with van der Waals surface area (Å²) in [7, 11) is 1.14. The molecule has 2 atom stereocenters. The van der Waals surface area contributed by atoms with E-state index in [1.165, 1.54) is 31.2 Å². The highest BCUT2D eigenvalue weighted by molar-refractivity contribution is 5.99. The van der Waals surface area contributed by atoms with Crippen LogP contribution in [0.4, 0.5) is 9.18 Å². The first-order valence-corrected chi connectivity index (χ1v) is 6.78. The highest BCUT2D eigenvalue weighted by atomic mass is 19.1. The molecule has 0 fully saturated rings. The van der Waals surface area contributed by atoms with Crippen LogP contribution < -0.4 is 5.32 Å². The zero-order valence-corrected chi connectivity index (χ0v) is 12.9. The Morgan fingerprint density at radius 3 is 2.61 bits per heavy atom. The van der Waals surface area contributed by atoms with E-state index in [4.69, 9.17) is 4.74 Å². The average Bonchev–Trinajstić information content (AvgIpc) is 2.51. The molecule has 0 heterocycles. The molecule has 0 aliphatic heterocycles. The number of Topliss-reactive ketones (excluding diaryl/α,β-unsaturated/α-hetero) is 1. The average molecular weight is 323 g/mol. The summed E-state index contributed by atoms with van der Waals surface area (Å²) in [6.07, 6.45) is 0.488. The number of halogens is 1. The fourth-order valence-electron chi connectivity index (χ4n) is 2.01. The van der Waals surface area contributed by atoms with Crippen molar-refractivity contribution < 1.29 is 28.2 Å². The second-order valence-electron chi connectivity index (χ2n) is 4.68. The molecule has 0 bridgehead atoms. The number of alkyl carbamates (subject to hydrolysis) is 1. The van der Waals surface area contributed by atoms with Crippen LogP contribution in [0.5, 0.6) is 0 Å². The molecule has 0 spiro atoms. The number of rotatable bonds is 7. The third-order valence-corrected chi connectivity index (χ3v) is 3.04. The highest BCUT2D eigenvalue weighted by Crippen LogP contribution is 2.25. The number of nitrogens with one attached hydrogen (secondary N) is 1. The van der Waals surface area contributed by atoms with Gasteiger partial charge in [-0.2, -0.15) is 0 Å². The van der Waals surface area contributed by atoms with Crippen LogP contribution >= 0.6 is 0 Å². The maximum Gasteiger partial charge on any atom is 0.407 e. The lowest BCUT2D eigenvalue weighted by molar-refractivity contribution is -0.151. The Hall–Kier alpha value is -2.70. The van der Waals surface area contributed by atoms with Crippen molar-refractivity contribution in [2.24, 2.45) is 5.92 Å². The molecule has 1 rings (SSSR count). The monoisotopic (exact) mass is 323 g/mol. The topological polar surface area (TPSA) is 81.7 Å². The summed E-state index contributed by atoms with van der Waals surface area (Å²) in [5.74, 6) is -3.29. The molecule has 7 heteroatoms. The van der Waals surface area contributed by atoms with E-state index in [9.17, 15) is 18.8 Å². The molecule has 23 heavy (non-hydrogen) atoms. The van der Waals surface area contributed by atoms with Gasteiger partial charge in [0.15, 0.2) is 0 Å². The molecule has 124 valence electrons. The van der Waals surface area contributed by atoms with E-state index in [0.29, 0.717) is 0 Å². The van der Waals surface area contributed by atoms with Gasteiger partial charge in [0.25, 0.3) is 0 Å². The van der Waals surface area contributed by atoms with Gasteiger partial charge in [-0.25, -0.2) is 9.18 Å². The largest absolute Gasteiger partial charge is 0.461 e. The van der Waals surface area contributed by atoms with Crippen LogP contribution in [0, 0.1) is 11.7 Å². The first-order chi connectivity index (χ1) is 10.9. The molecule has 1 N–H and O–H groups in total. The van der Waals surface area contributed by atoms with Gasteiger partial charge in [-0.05, 0) is 24.6 Å². The van der Waals surface area contributed by atoms with Gasteiger partial charge in [-0.1, -0.05) is 24.8 Å². The summed E-state index contributed by atoms with van der Waals surface area (Å²) in [5.41, 5.74) is 0.242. The van der Waals surface area contributed by atoms with Crippen LogP contribution in [0.3, 0.4) is 0 Å². The van der Waals surface area contributed by atoms with Crippen molar-refractivity contribution in [3.63, 3.8) is 0 Å². The van der Waals surface area contributed by atoms with Crippen LogP contribution in [0.1, 0.15) is 18.5 Å².